The van der Waals surface area contributed by atoms with Gasteiger partial charge in [0, 0.05) is 0 Å². The zero-order valence-electron chi connectivity index (χ0n) is 3.81. The molecule has 4 nitrogen and oxygen atoms in total. The average molecular weight is 137 g/mol. The topological polar surface area (TPSA) is 66.1 Å². The summed E-state index contributed by atoms with van der Waals surface area (Å²) in [7, 11) is 0. The van der Waals surface area contributed by atoms with E-state index in [9.17, 15) is 14.7 Å². The number of nitrogens with one attached hydrogen (secondary N) is 1. The predicted octanol–water partition coefficient (Wildman–Crippen LogP) is -0.108. The van der Waals surface area contributed by atoms with E-state index in [0.717, 1.165) is 0 Å². The quantitative estimate of drug-likeness (QED) is 0.511. The highest BCUT2D eigenvalue weighted by Crippen LogP contribution is 1.72. The second-order valence-electron chi connectivity index (χ2n) is 0.969. The van der Waals surface area contributed by atoms with Crippen molar-refractivity contribution in [2.75, 3.05) is 5.88 Å². The minimum atomic E-state index is -1.63. The summed E-state index contributed by atoms with van der Waals surface area (Å²) in [4.78, 5) is 19.4. The minimum Gasteiger partial charge on any atom is -0.273 e. The molecule has 45 valence electrons. The Morgan fingerprint density at radius 2 is 2.00 bits per heavy atom. The molecule has 0 saturated carbocycles. The maximum absolute atomic E-state index is 9.96. The molecule has 5 heteroatoms. The first-order valence-corrected chi connectivity index (χ1v) is 2.27. The van der Waals surface area contributed by atoms with E-state index < -0.39 is 12.0 Å². The van der Waals surface area contributed by atoms with Crippen molar-refractivity contribution >= 4 is 23.6 Å². The van der Waals surface area contributed by atoms with Crippen LogP contribution in [-0.2, 0) is 9.90 Å². The Morgan fingerprint density at radius 3 is 2.12 bits per heavy atom. The summed E-state index contributed by atoms with van der Waals surface area (Å²) in [6.45, 7) is 0. The summed E-state index contributed by atoms with van der Waals surface area (Å²) in [5, 5.41) is 10.9. The second-order valence-corrected chi connectivity index (χ2v) is 1.24. The van der Waals surface area contributed by atoms with Gasteiger partial charge < -0.3 is 0 Å². The number of carbonyl (C=O) groups excluding carboxylic acids is 2. The van der Waals surface area contributed by atoms with Gasteiger partial charge in [-0.3, -0.25) is 10.1 Å². The number of halogens is 1. The van der Waals surface area contributed by atoms with Gasteiger partial charge in [0.05, 0.1) is 0 Å². The minimum absolute atomic E-state index is 0.367. The van der Waals surface area contributed by atoms with E-state index in [1.807, 2.05) is 0 Å². The van der Waals surface area contributed by atoms with Crippen molar-refractivity contribution in [3.63, 3.8) is 0 Å². The van der Waals surface area contributed by atoms with Crippen LogP contribution in [0.2, 0.25) is 0 Å². The van der Waals surface area contributed by atoms with Crippen LogP contribution in [0.4, 0.5) is 4.79 Å². The Labute approximate surface area is 50.4 Å². The first-order valence-electron chi connectivity index (χ1n) is 1.73. The third-order valence-corrected chi connectivity index (χ3v) is 0.606. The summed E-state index contributed by atoms with van der Waals surface area (Å²) in [6, 6.07) is 0. The van der Waals surface area contributed by atoms with Gasteiger partial charge in [-0.2, -0.15) is 0 Å². The van der Waals surface area contributed by atoms with Crippen LogP contribution in [0.5, 0.6) is 0 Å². The molecular formula is C3H3ClNO3. The second kappa shape index (κ2) is 3.26. The lowest BCUT2D eigenvalue weighted by molar-refractivity contribution is -0.118. The van der Waals surface area contributed by atoms with E-state index in [2.05, 4.69) is 0 Å². The molecule has 0 saturated heterocycles. The van der Waals surface area contributed by atoms with Crippen molar-refractivity contribution in [3.05, 3.63) is 0 Å². The van der Waals surface area contributed by atoms with Crippen LogP contribution in [0.3, 0.4) is 0 Å². The van der Waals surface area contributed by atoms with Crippen molar-refractivity contribution in [2.24, 2.45) is 0 Å². The third-order valence-electron chi connectivity index (χ3n) is 0.363. The molecular weight excluding hydrogens is 133 g/mol. The lowest BCUT2D eigenvalue weighted by Crippen LogP contribution is -2.28. The molecule has 0 bridgehead atoms. The van der Waals surface area contributed by atoms with Crippen LogP contribution < -0.4 is 5.32 Å². The normalized spacial score (nSPS) is 8.12. The van der Waals surface area contributed by atoms with E-state index in [0.29, 0.717) is 0 Å². The maximum atomic E-state index is 9.96. The van der Waals surface area contributed by atoms with Gasteiger partial charge in [0.25, 0.3) is 0 Å². The molecule has 0 aliphatic rings. The van der Waals surface area contributed by atoms with E-state index in [4.69, 9.17) is 11.6 Å². The lowest BCUT2D eigenvalue weighted by atomic mass is 10.7. The van der Waals surface area contributed by atoms with Gasteiger partial charge in [-0.15, -0.1) is 11.6 Å². The van der Waals surface area contributed by atoms with Crippen LogP contribution in [-0.4, -0.2) is 17.9 Å². The van der Waals surface area contributed by atoms with Gasteiger partial charge in [-0.25, -0.2) is 9.90 Å². The molecule has 0 aromatic rings. The molecule has 0 fully saturated rings. The molecule has 0 aromatic heterocycles. The third kappa shape index (κ3) is 3.42. The van der Waals surface area contributed by atoms with E-state index in [-0.39, 0.29) is 5.88 Å². The highest BCUT2D eigenvalue weighted by molar-refractivity contribution is 6.28. The number of carbonyl (C=O) groups is 2. The Bertz CT molecular complexity index is 113. The maximum Gasteiger partial charge on any atom is 0.457 e. The first-order chi connectivity index (χ1) is 3.66. The molecule has 0 spiro atoms. The van der Waals surface area contributed by atoms with Crippen LogP contribution in [0, 0.1) is 0 Å². The molecule has 8 heavy (non-hydrogen) atoms. The monoisotopic (exact) mass is 136 g/mol. The van der Waals surface area contributed by atoms with E-state index in [1.54, 1.807) is 0 Å². The van der Waals surface area contributed by atoms with Crippen molar-refractivity contribution in [2.45, 2.75) is 0 Å². The van der Waals surface area contributed by atoms with Crippen LogP contribution in [0.1, 0.15) is 0 Å². The zero-order valence-corrected chi connectivity index (χ0v) is 4.57. The van der Waals surface area contributed by atoms with Gasteiger partial charge in [-0.05, 0) is 0 Å². The fraction of sp³-hybridized carbons (Fsp3) is 0.333. The highest BCUT2D eigenvalue weighted by atomic mass is 35.5. The van der Waals surface area contributed by atoms with Crippen LogP contribution >= 0.6 is 11.6 Å². The largest absolute Gasteiger partial charge is 0.457 e. The SMILES string of the molecule is [O]C(=O)NC(=O)CCl. The summed E-state index contributed by atoms with van der Waals surface area (Å²) < 4.78 is 0. The standard InChI is InChI=1S/C3H3ClNO3/c4-1-2(6)5-3(7)8/h1H2,(H,5,6). The Hall–Kier alpha value is -0.770. The number of hydrogen-bond donors (Lipinski definition) is 1. The Morgan fingerprint density at radius 1 is 1.50 bits per heavy atom. The molecule has 2 amide bonds. The first kappa shape index (κ1) is 7.23. The fourth-order valence-electron chi connectivity index (χ4n) is 0.147. The molecule has 0 aliphatic carbocycles. The van der Waals surface area contributed by atoms with Gasteiger partial charge in [0.1, 0.15) is 5.88 Å². The van der Waals surface area contributed by atoms with Crippen LogP contribution in [0.25, 0.3) is 0 Å². The molecule has 0 unspecified atom stereocenters. The van der Waals surface area contributed by atoms with Gasteiger partial charge in [-0.1, -0.05) is 0 Å². The van der Waals surface area contributed by atoms with E-state index in [1.165, 1.54) is 5.32 Å². The Kier molecular flexibility index (Phi) is 2.95. The number of hydrogen-bond acceptors (Lipinski definition) is 2. The molecule has 0 heterocycles. The molecule has 0 atom stereocenters. The number of imide groups is 1. The number of rotatable bonds is 1. The summed E-state index contributed by atoms with van der Waals surface area (Å²) in [5.41, 5.74) is 0. The summed E-state index contributed by atoms with van der Waals surface area (Å²) in [5.74, 6) is -1.14. The molecule has 1 N–H and O–H groups in total. The molecule has 1 radical (unpaired) electrons. The van der Waals surface area contributed by atoms with Crippen LogP contribution in [0.15, 0.2) is 0 Å². The highest BCUT2D eigenvalue weighted by Gasteiger charge is 2.02. The summed E-state index contributed by atoms with van der Waals surface area (Å²) >= 11 is 4.89. The van der Waals surface area contributed by atoms with E-state index >= 15 is 0 Å². The fourth-order valence-corrected chi connectivity index (χ4v) is 0.214. The molecule has 0 aromatic carbocycles. The van der Waals surface area contributed by atoms with Crippen molar-refractivity contribution in [1.29, 1.82) is 0 Å². The van der Waals surface area contributed by atoms with Crippen molar-refractivity contribution in [1.82, 2.24) is 5.32 Å². The summed E-state index contributed by atoms with van der Waals surface area (Å²) in [6.07, 6.45) is -1.63. The Balaban J connectivity index is 3.40. The number of alkyl halides is 1. The molecule has 0 rings (SSSR count). The number of amides is 2. The molecule has 0 aliphatic heterocycles. The van der Waals surface area contributed by atoms with Crippen molar-refractivity contribution in [3.8, 4) is 0 Å². The lowest BCUT2D eigenvalue weighted by Gasteiger charge is -1.87. The average Bonchev–Trinajstić information content (AvgIpc) is 1.65. The smallest absolute Gasteiger partial charge is 0.273 e. The van der Waals surface area contributed by atoms with Gasteiger partial charge >= 0.3 is 6.09 Å². The zero-order chi connectivity index (χ0) is 6.57. The van der Waals surface area contributed by atoms with Gasteiger partial charge in [0.2, 0.25) is 5.91 Å². The van der Waals surface area contributed by atoms with Crippen molar-refractivity contribution < 1.29 is 14.7 Å². The van der Waals surface area contributed by atoms with Gasteiger partial charge in [0.15, 0.2) is 0 Å². The predicted molar refractivity (Wildman–Crippen MR) is 24.9 cm³/mol.